The Labute approximate surface area is 216 Å². The summed E-state index contributed by atoms with van der Waals surface area (Å²) in [7, 11) is 0. The molecule has 190 valence electrons. The number of nitrogens with zero attached hydrogens (tertiary/aromatic N) is 2. The van der Waals surface area contributed by atoms with Gasteiger partial charge in [0.15, 0.2) is 0 Å². The number of carboxylic acids is 1. The molecule has 36 heavy (non-hydrogen) atoms. The maximum absolute atomic E-state index is 13.2. The number of aromatic nitrogens is 1. The number of aromatic carboxylic acids is 1. The van der Waals surface area contributed by atoms with Crippen LogP contribution < -0.4 is 0 Å². The average Bonchev–Trinajstić information content (AvgIpc) is 2.82. The lowest BCUT2D eigenvalue weighted by atomic mass is 9.93. The minimum absolute atomic E-state index is 0.0430. The summed E-state index contributed by atoms with van der Waals surface area (Å²) >= 11 is 5.87. The number of carbonyl (C=O) groups excluding carboxylic acids is 1. The monoisotopic (exact) mass is 510 g/mol. The molecular formula is C28H31ClN2O5. The number of aliphatic hydroxyl groups is 1. The molecule has 0 fully saturated rings. The van der Waals surface area contributed by atoms with Crippen LogP contribution in [-0.2, 0) is 11.2 Å². The maximum Gasteiger partial charge on any atom is 0.410 e. The first-order chi connectivity index (χ1) is 16.9. The van der Waals surface area contributed by atoms with E-state index in [1.165, 1.54) is 11.1 Å². The van der Waals surface area contributed by atoms with Crippen molar-refractivity contribution in [1.29, 1.82) is 0 Å². The standard InChI is InChI=1S/C28H31ClN2O5/c1-18(14-22-15-20(26(33)34)10-12-23(22)19-8-6-5-7-9-19)31(27(35)36-28(2,3)4)17-24(32)21-11-13-25(29)30-16-21/h5-13,15-16,18,24,32H,14,17H2,1-4H3,(H,33,34)/t18-,24+/m1/s1. The van der Waals surface area contributed by atoms with E-state index in [-0.39, 0.29) is 12.1 Å². The lowest BCUT2D eigenvalue weighted by Crippen LogP contribution is -2.45. The zero-order valence-corrected chi connectivity index (χ0v) is 21.6. The molecule has 1 amide bonds. The van der Waals surface area contributed by atoms with E-state index >= 15 is 0 Å². The molecule has 8 heteroatoms. The Morgan fingerprint density at radius 1 is 1.08 bits per heavy atom. The number of halogens is 1. The van der Waals surface area contributed by atoms with Gasteiger partial charge in [0.25, 0.3) is 0 Å². The summed E-state index contributed by atoms with van der Waals surface area (Å²) in [5.74, 6) is -1.03. The van der Waals surface area contributed by atoms with Crippen molar-refractivity contribution in [3.05, 3.63) is 88.7 Å². The second kappa shape index (κ2) is 11.5. The van der Waals surface area contributed by atoms with Gasteiger partial charge in [0.1, 0.15) is 10.8 Å². The van der Waals surface area contributed by atoms with Crippen LogP contribution in [0.3, 0.4) is 0 Å². The van der Waals surface area contributed by atoms with Gasteiger partial charge in [0, 0.05) is 17.8 Å². The number of hydrogen-bond acceptors (Lipinski definition) is 5. The van der Waals surface area contributed by atoms with Crippen LogP contribution in [0.25, 0.3) is 11.1 Å². The van der Waals surface area contributed by atoms with E-state index in [0.29, 0.717) is 17.1 Å². The van der Waals surface area contributed by atoms with Gasteiger partial charge in [0.2, 0.25) is 0 Å². The predicted molar refractivity (Wildman–Crippen MR) is 139 cm³/mol. The van der Waals surface area contributed by atoms with E-state index in [4.69, 9.17) is 16.3 Å². The topological polar surface area (TPSA) is 100.0 Å². The second-order valence-electron chi connectivity index (χ2n) is 9.66. The molecule has 7 nitrogen and oxygen atoms in total. The lowest BCUT2D eigenvalue weighted by Gasteiger charge is -2.33. The maximum atomic E-state index is 13.2. The second-order valence-corrected chi connectivity index (χ2v) is 10.0. The molecule has 0 bridgehead atoms. The molecule has 0 saturated heterocycles. The molecule has 0 spiro atoms. The van der Waals surface area contributed by atoms with E-state index in [1.54, 1.807) is 51.1 Å². The molecule has 0 aliphatic heterocycles. The van der Waals surface area contributed by atoms with Gasteiger partial charge in [-0.3, -0.25) is 0 Å². The minimum atomic E-state index is -1.03. The van der Waals surface area contributed by atoms with Crippen LogP contribution in [0.5, 0.6) is 0 Å². The van der Waals surface area contributed by atoms with Crippen molar-refractivity contribution in [2.45, 2.75) is 51.9 Å². The van der Waals surface area contributed by atoms with Crippen molar-refractivity contribution in [1.82, 2.24) is 9.88 Å². The number of carboxylic acid groups (broad SMARTS) is 1. The first kappa shape index (κ1) is 27.2. The van der Waals surface area contributed by atoms with Crippen LogP contribution in [0.4, 0.5) is 4.79 Å². The molecule has 0 aliphatic carbocycles. The highest BCUT2D eigenvalue weighted by Gasteiger charge is 2.29. The lowest BCUT2D eigenvalue weighted by molar-refractivity contribution is 0.00542. The summed E-state index contributed by atoms with van der Waals surface area (Å²) in [5, 5.41) is 20.7. The van der Waals surface area contributed by atoms with Crippen LogP contribution >= 0.6 is 11.6 Å². The summed E-state index contributed by atoms with van der Waals surface area (Å²) in [6, 6.07) is 17.4. The van der Waals surface area contributed by atoms with Crippen molar-refractivity contribution < 1.29 is 24.5 Å². The van der Waals surface area contributed by atoms with Crippen molar-refractivity contribution >= 4 is 23.7 Å². The van der Waals surface area contributed by atoms with Crippen LogP contribution in [0.2, 0.25) is 5.15 Å². The van der Waals surface area contributed by atoms with Crippen LogP contribution in [0.1, 0.15) is 55.3 Å². The van der Waals surface area contributed by atoms with E-state index < -0.39 is 29.8 Å². The van der Waals surface area contributed by atoms with Gasteiger partial charge < -0.3 is 19.8 Å². The molecule has 3 rings (SSSR count). The van der Waals surface area contributed by atoms with E-state index in [1.807, 2.05) is 37.3 Å². The van der Waals surface area contributed by atoms with Gasteiger partial charge >= 0.3 is 12.1 Å². The predicted octanol–water partition coefficient (Wildman–Crippen LogP) is 6.00. The Kier molecular flexibility index (Phi) is 8.71. The number of ether oxygens (including phenoxy) is 1. The Morgan fingerprint density at radius 3 is 2.36 bits per heavy atom. The summed E-state index contributed by atoms with van der Waals surface area (Å²) in [5.41, 5.74) is 2.52. The molecule has 2 atom stereocenters. The molecule has 2 aromatic carbocycles. The summed E-state index contributed by atoms with van der Waals surface area (Å²) in [4.78, 5) is 30.4. The minimum Gasteiger partial charge on any atom is -0.478 e. The van der Waals surface area contributed by atoms with E-state index in [9.17, 15) is 19.8 Å². The number of benzene rings is 2. The summed E-state index contributed by atoms with van der Waals surface area (Å²) < 4.78 is 5.64. The number of rotatable bonds is 8. The van der Waals surface area contributed by atoms with Gasteiger partial charge in [0.05, 0.1) is 18.2 Å². The normalized spacial score (nSPS) is 13.1. The Bertz CT molecular complexity index is 1190. The molecule has 0 radical (unpaired) electrons. The Morgan fingerprint density at radius 2 is 1.78 bits per heavy atom. The zero-order valence-electron chi connectivity index (χ0n) is 20.8. The highest BCUT2D eigenvalue weighted by atomic mass is 35.5. The van der Waals surface area contributed by atoms with Crippen LogP contribution in [-0.4, -0.2) is 50.3 Å². The van der Waals surface area contributed by atoms with E-state index in [0.717, 1.165) is 16.7 Å². The molecule has 3 aromatic rings. The number of pyridine rings is 1. The van der Waals surface area contributed by atoms with Crippen molar-refractivity contribution in [3.8, 4) is 11.1 Å². The van der Waals surface area contributed by atoms with Crippen LogP contribution in [0, 0.1) is 0 Å². The highest BCUT2D eigenvalue weighted by Crippen LogP contribution is 2.28. The fourth-order valence-corrected chi connectivity index (χ4v) is 3.97. The van der Waals surface area contributed by atoms with Gasteiger partial charge in [-0.15, -0.1) is 0 Å². The number of amides is 1. The molecule has 1 aromatic heterocycles. The van der Waals surface area contributed by atoms with Gasteiger partial charge in [-0.2, -0.15) is 0 Å². The number of hydrogen-bond donors (Lipinski definition) is 2. The fraction of sp³-hybridized carbons (Fsp3) is 0.321. The number of aliphatic hydroxyl groups excluding tert-OH is 1. The fourth-order valence-electron chi connectivity index (χ4n) is 3.85. The first-order valence-electron chi connectivity index (χ1n) is 11.7. The largest absolute Gasteiger partial charge is 0.478 e. The summed E-state index contributed by atoms with van der Waals surface area (Å²) in [6.07, 6.45) is 0.209. The Balaban J connectivity index is 1.95. The third kappa shape index (κ3) is 7.29. The smallest absolute Gasteiger partial charge is 0.410 e. The molecule has 2 N–H and O–H groups in total. The third-order valence-corrected chi connectivity index (χ3v) is 5.84. The van der Waals surface area contributed by atoms with E-state index in [2.05, 4.69) is 4.98 Å². The summed E-state index contributed by atoms with van der Waals surface area (Å²) in [6.45, 7) is 7.13. The molecule has 1 heterocycles. The van der Waals surface area contributed by atoms with Gasteiger partial charge in [-0.05, 0) is 69.0 Å². The first-order valence-corrected chi connectivity index (χ1v) is 12.0. The van der Waals surface area contributed by atoms with Gasteiger partial charge in [-0.1, -0.05) is 54.1 Å². The molecular weight excluding hydrogens is 480 g/mol. The Hall–Kier alpha value is -3.42. The van der Waals surface area contributed by atoms with Crippen LogP contribution in [0.15, 0.2) is 66.9 Å². The van der Waals surface area contributed by atoms with Crippen molar-refractivity contribution in [2.75, 3.05) is 6.54 Å². The zero-order chi connectivity index (χ0) is 26.5. The van der Waals surface area contributed by atoms with Crippen molar-refractivity contribution in [2.24, 2.45) is 0 Å². The quantitative estimate of drug-likeness (QED) is 0.360. The van der Waals surface area contributed by atoms with Gasteiger partial charge in [-0.25, -0.2) is 14.6 Å². The SMILES string of the molecule is C[C@H](Cc1cc(C(=O)O)ccc1-c1ccccc1)N(C[C@H](O)c1ccc(Cl)nc1)C(=O)OC(C)(C)C. The molecule has 0 saturated carbocycles. The molecule has 0 aliphatic rings. The number of carbonyl (C=O) groups is 2. The van der Waals surface area contributed by atoms with Crippen molar-refractivity contribution in [3.63, 3.8) is 0 Å². The average molecular weight is 511 g/mol. The highest BCUT2D eigenvalue weighted by molar-refractivity contribution is 6.29. The third-order valence-electron chi connectivity index (χ3n) is 5.62. The molecule has 0 unspecified atom stereocenters.